The van der Waals surface area contributed by atoms with Crippen LogP contribution in [0, 0.1) is 0 Å². The molecule has 0 saturated carbocycles. The van der Waals surface area contributed by atoms with Crippen molar-refractivity contribution in [3.05, 3.63) is 0 Å². The van der Waals surface area contributed by atoms with Gasteiger partial charge in [0, 0.05) is 11.9 Å². The minimum atomic E-state index is -0.925. The molecule has 0 unspecified atom stereocenters. The number of carboxylic acids is 2. The molecule has 0 aromatic rings. The Morgan fingerprint density at radius 2 is 0.538 bits per heavy atom. The van der Waals surface area contributed by atoms with Gasteiger partial charge in [-0.25, -0.2) is 0 Å². The second-order valence-corrected chi connectivity index (χ2v) is 6.90. The average molecular weight is 386 g/mol. The molecule has 0 aromatic carbocycles. The molecule has 0 aromatic heterocycles. The van der Waals surface area contributed by atoms with E-state index in [9.17, 15) is 19.8 Å². The molecular weight excluding hydrogens is 350 g/mol. The number of rotatable bonds is 19. The van der Waals surface area contributed by atoms with Crippen molar-refractivity contribution in [3.8, 4) is 0 Å². The molecule has 142 valence electrons. The van der Waals surface area contributed by atoms with Gasteiger partial charge in [-0.2, -0.15) is 0 Å². The van der Waals surface area contributed by atoms with E-state index in [1.165, 1.54) is 64.2 Å². The summed E-state index contributed by atoms with van der Waals surface area (Å²) in [5.74, 6) is -1.85. The first-order valence-electron chi connectivity index (χ1n) is 10.0. The zero-order chi connectivity index (χ0) is 17.9. The molecule has 0 spiro atoms. The number of hydrogen-bond donors (Lipinski definition) is 0. The monoisotopic (exact) mass is 386 g/mol. The summed E-state index contributed by atoms with van der Waals surface area (Å²) >= 11 is 0. The Labute approximate surface area is 204 Å². The Morgan fingerprint density at radius 1 is 0.385 bits per heavy atom. The van der Waals surface area contributed by atoms with Crippen molar-refractivity contribution in [1.82, 2.24) is 0 Å². The maximum absolute atomic E-state index is 10.2. The van der Waals surface area contributed by atoms with Gasteiger partial charge in [0.05, 0.1) is 0 Å². The molecule has 0 saturated heterocycles. The smallest absolute Gasteiger partial charge is 0.550 e. The van der Waals surface area contributed by atoms with Crippen molar-refractivity contribution >= 4 is 11.9 Å². The number of carbonyl (C=O) groups excluding carboxylic acids is 2. The van der Waals surface area contributed by atoms with Gasteiger partial charge in [-0.05, 0) is 25.7 Å². The normalized spacial score (nSPS) is 10.0. The van der Waals surface area contributed by atoms with Crippen LogP contribution in [0.3, 0.4) is 0 Å². The molecule has 0 radical (unpaired) electrons. The van der Waals surface area contributed by atoms with Crippen molar-refractivity contribution in [1.29, 1.82) is 0 Å². The third-order valence-electron chi connectivity index (χ3n) is 4.51. The van der Waals surface area contributed by atoms with E-state index in [2.05, 4.69) is 0 Å². The molecule has 0 aliphatic rings. The van der Waals surface area contributed by atoms with Crippen LogP contribution >= 0.6 is 0 Å². The number of aliphatic carboxylic acids is 2. The van der Waals surface area contributed by atoms with Gasteiger partial charge in [-0.1, -0.05) is 89.9 Å². The van der Waals surface area contributed by atoms with Gasteiger partial charge >= 0.3 is 59.1 Å². The van der Waals surface area contributed by atoms with Crippen LogP contribution in [0.15, 0.2) is 0 Å². The number of carboxylic acid groups (broad SMARTS) is 2. The van der Waals surface area contributed by atoms with Crippen molar-refractivity contribution in [2.75, 3.05) is 0 Å². The summed E-state index contributed by atoms with van der Waals surface area (Å²) in [6.45, 7) is 0. The van der Waals surface area contributed by atoms with E-state index in [4.69, 9.17) is 0 Å². The molecule has 0 aliphatic carbocycles. The fourth-order valence-corrected chi connectivity index (χ4v) is 3.01. The third-order valence-corrected chi connectivity index (χ3v) is 4.51. The van der Waals surface area contributed by atoms with Gasteiger partial charge in [-0.3, -0.25) is 0 Å². The van der Waals surface area contributed by atoms with Crippen molar-refractivity contribution in [2.24, 2.45) is 0 Å². The van der Waals surface area contributed by atoms with Crippen LogP contribution in [0.4, 0.5) is 0 Å². The molecule has 4 nitrogen and oxygen atoms in total. The summed E-state index contributed by atoms with van der Waals surface area (Å²) < 4.78 is 0. The maximum atomic E-state index is 10.2. The largest absolute Gasteiger partial charge is 1.00 e. The van der Waals surface area contributed by atoms with E-state index in [0.717, 1.165) is 38.5 Å². The fraction of sp³-hybridized carbons (Fsp3) is 0.900. The van der Waals surface area contributed by atoms with E-state index in [0.29, 0.717) is 0 Å². The first-order valence-corrected chi connectivity index (χ1v) is 10.0. The Hall–Kier alpha value is 0.940. The number of carbonyl (C=O) groups is 2. The predicted octanol–water partition coefficient (Wildman–Crippen LogP) is -2.48. The predicted molar refractivity (Wildman–Crippen MR) is 93.1 cm³/mol. The van der Waals surface area contributed by atoms with Crippen LogP contribution in [0.5, 0.6) is 0 Å². The van der Waals surface area contributed by atoms with Gasteiger partial charge in [0.1, 0.15) is 0 Å². The molecular formula is C20H36Na2O4. The molecule has 0 N–H and O–H groups in total. The Balaban J connectivity index is -0.00000264. The standard InChI is InChI=1S/C20H38O4.2Na/c21-19(22)17-15-13-11-9-7-5-3-1-2-4-6-8-10-12-14-16-18-20(23)24;;/h1-18H2,(H,21,22)(H,23,24);;/q;2*+1/p-2. The maximum Gasteiger partial charge on any atom is 1.00 e. The van der Waals surface area contributed by atoms with Gasteiger partial charge in [0.2, 0.25) is 0 Å². The number of unbranched alkanes of at least 4 members (excludes halogenated alkanes) is 15. The van der Waals surface area contributed by atoms with Crippen LogP contribution < -0.4 is 69.3 Å². The van der Waals surface area contributed by atoms with Crippen LogP contribution in [-0.4, -0.2) is 11.9 Å². The molecule has 0 aliphatic heterocycles. The van der Waals surface area contributed by atoms with Crippen LogP contribution in [0.25, 0.3) is 0 Å². The zero-order valence-corrected chi connectivity index (χ0v) is 21.4. The fourth-order valence-electron chi connectivity index (χ4n) is 3.01. The summed E-state index contributed by atoms with van der Waals surface area (Å²) in [6, 6.07) is 0. The van der Waals surface area contributed by atoms with Crippen LogP contribution in [0.2, 0.25) is 0 Å². The summed E-state index contributed by atoms with van der Waals surface area (Å²) in [6.07, 6.45) is 19.2. The summed E-state index contributed by atoms with van der Waals surface area (Å²) in [4.78, 5) is 20.5. The molecule has 0 heterocycles. The zero-order valence-electron chi connectivity index (χ0n) is 17.4. The molecule has 0 amide bonds. The number of hydrogen-bond acceptors (Lipinski definition) is 4. The molecule has 6 heteroatoms. The Kier molecular flexibility index (Phi) is 31.6. The Morgan fingerprint density at radius 3 is 0.692 bits per heavy atom. The first-order chi connectivity index (χ1) is 11.6. The van der Waals surface area contributed by atoms with Crippen LogP contribution in [-0.2, 0) is 9.59 Å². The van der Waals surface area contributed by atoms with Gasteiger partial charge in [-0.15, -0.1) is 0 Å². The minimum absolute atomic E-state index is 0. The van der Waals surface area contributed by atoms with E-state index >= 15 is 0 Å². The van der Waals surface area contributed by atoms with Crippen molar-refractivity contribution < 1.29 is 78.9 Å². The quantitative estimate of drug-likeness (QED) is 0.182. The first kappa shape index (κ1) is 31.6. The molecule has 0 rings (SSSR count). The summed E-state index contributed by atoms with van der Waals surface area (Å²) in [5, 5.41) is 20.5. The van der Waals surface area contributed by atoms with Crippen molar-refractivity contribution in [3.63, 3.8) is 0 Å². The molecule has 0 fully saturated rings. The van der Waals surface area contributed by atoms with E-state index in [1.54, 1.807) is 0 Å². The van der Waals surface area contributed by atoms with Gasteiger partial charge < -0.3 is 19.8 Å². The van der Waals surface area contributed by atoms with Gasteiger partial charge in [0.25, 0.3) is 0 Å². The van der Waals surface area contributed by atoms with E-state index < -0.39 is 11.9 Å². The summed E-state index contributed by atoms with van der Waals surface area (Å²) in [5.41, 5.74) is 0. The molecule has 26 heavy (non-hydrogen) atoms. The van der Waals surface area contributed by atoms with E-state index in [-0.39, 0.29) is 72.0 Å². The minimum Gasteiger partial charge on any atom is -0.550 e. The topological polar surface area (TPSA) is 80.3 Å². The van der Waals surface area contributed by atoms with E-state index in [1.807, 2.05) is 0 Å². The second-order valence-electron chi connectivity index (χ2n) is 6.90. The Bertz CT molecular complexity index is 282. The summed E-state index contributed by atoms with van der Waals surface area (Å²) in [7, 11) is 0. The molecule has 0 bridgehead atoms. The second kappa shape index (κ2) is 25.9. The SMILES string of the molecule is O=C([O-])CCCCCCCCCCCCCCCCCCC(=O)[O-].[Na+].[Na+]. The third kappa shape index (κ3) is 29.7. The van der Waals surface area contributed by atoms with Crippen molar-refractivity contribution in [2.45, 2.75) is 116 Å². The van der Waals surface area contributed by atoms with Gasteiger partial charge in [0.15, 0.2) is 0 Å². The van der Waals surface area contributed by atoms with Crippen LogP contribution in [0.1, 0.15) is 116 Å². The molecule has 0 atom stereocenters. The average Bonchev–Trinajstić information content (AvgIpc) is 2.53.